The van der Waals surface area contributed by atoms with Crippen LogP contribution in [0.15, 0.2) is 22.7 Å². The van der Waals surface area contributed by atoms with Gasteiger partial charge in [-0.05, 0) is 73.7 Å². The Bertz CT molecular complexity index is 413. The maximum Gasteiger partial charge on any atom is 0.0349 e. The zero-order valence-electron chi connectivity index (χ0n) is 13.2. The molecule has 0 radical (unpaired) electrons. The Morgan fingerprint density at radius 2 is 1.80 bits per heavy atom. The van der Waals surface area contributed by atoms with Crippen LogP contribution in [0.25, 0.3) is 0 Å². The van der Waals surface area contributed by atoms with Gasteiger partial charge in [0.1, 0.15) is 0 Å². The van der Waals surface area contributed by atoms with Gasteiger partial charge in [-0.15, -0.1) is 0 Å². The summed E-state index contributed by atoms with van der Waals surface area (Å²) in [6.07, 6.45) is 4.11. The minimum absolute atomic E-state index is 0.501. The lowest BCUT2D eigenvalue weighted by Gasteiger charge is -2.37. The summed E-state index contributed by atoms with van der Waals surface area (Å²) in [4.78, 5) is 0. The molecule has 0 saturated heterocycles. The Balaban J connectivity index is 2.25. The molecular formula is C18H28BrN. The molecule has 1 saturated carbocycles. The van der Waals surface area contributed by atoms with E-state index in [1.165, 1.54) is 34.9 Å². The van der Waals surface area contributed by atoms with Gasteiger partial charge in [0, 0.05) is 10.5 Å². The number of benzene rings is 1. The smallest absolute Gasteiger partial charge is 0.0349 e. The molecule has 1 aromatic carbocycles. The molecule has 0 aromatic heterocycles. The predicted octanol–water partition coefficient (Wildman–Crippen LogP) is 5.48. The van der Waals surface area contributed by atoms with Crippen molar-refractivity contribution in [1.82, 2.24) is 5.32 Å². The van der Waals surface area contributed by atoms with Crippen molar-refractivity contribution in [1.29, 1.82) is 0 Å². The molecule has 112 valence electrons. The van der Waals surface area contributed by atoms with Gasteiger partial charge in [0.05, 0.1) is 0 Å². The third-order valence-corrected chi connectivity index (χ3v) is 4.99. The molecule has 1 fully saturated rings. The van der Waals surface area contributed by atoms with Crippen LogP contribution >= 0.6 is 15.9 Å². The van der Waals surface area contributed by atoms with Gasteiger partial charge < -0.3 is 5.32 Å². The van der Waals surface area contributed by atoms with Gasteiger partial charge in [-0.2, -0.15) is 0 Å². The molecule has 2 heteroatoms. The van der Waals surface area contributed by atoms with Crippen molar-refractivity contribution in [2.24, 2.45) is 17.8 Å². The average Bonchev–Trinajstić information content (AvgIpc) is 2.33. The minimum Gasteiger partial charge on any atom is -0.310 e. The normalized spacial score (nSPS) is 28.4. The molecule has 1 aliphatic rings. The Labute approximate surface area is 132 Å². The maximum absolute atomic E-state index is 3.74. The molecule has 0 amide bonds. The van der Waals surface area contributed by atoms with E-state index in [-0.39, 0.29) is 0 Å². The molecule has 0 aliphatic heterocycles. The molecule has 1 aliphatic carbocycles. The van der Waals surface area contributed by atoms with Crippen LogP contribution < -0.4 is 5.32 Å². The van der Waals surface area contributed by atoms with Gasteiger partial charge in [-0.25, -0.2) is 0 Å². The molecule has 0 bridgehead atoms. The van der Waals surface area contributed by atoms with Crippen molar-refractivity contribution in [3.05, 3.63) is 33.8 Å². The van der Waals surface area contributed by atoms with Gasteiger partial charge in [-0.3, -0.25) is 0 Å². The highest BCUT2D eigenvalue weighted by molar-refractivity contribution is 9.10. The van der Waals surface area contributed by atoms with E-state index in [1.54, 1.807) is 0 Å². The lowest BCUT2D eigenvalue weighted by Crippen LogP contribution is -2.33. The first-order chi connectivity index (χ1) is 9.49. The highest BCUT2D eigenvalue weighted by Gasteiger charge is 2.30. The molecule has 0 spiro atoms. The lowest BCUT2D eigenvalue weighted by molar-refractivity contribution is 0.177. The van der Waals surface area contributed by atoms with E-state index in [9.17, 15) is 0 Å². The molecule has 3 unspecified atom stereocenters. The van der Waals surface area contributed by atoms with Crippen LogP contribution in [-0.2, 0) is 0 Å². The van der Waals surface area contributed by atoms with E-state index in [1.807, 2.05) is 0 Å². The molecule has 2 rings (SSSR count). The van der Waals surface area contributed by atoms with Gasteiger partial charge in [-0.1, -0.05) is 42.8 Å². The second-order valence-corrected chi connectivity index (χ2v) is 7.69. The zero-order chi connectivity index (χ0) is 14.7. The standard InChI is InChI=1S/C18H28BrN/c1-5-20-18(15-7-12(2)6-13(3)8-15)16-9-14(4)10-17(19)11-16/h9-13,15,18,20H,5-8H2,1-4H3. The number of aryl methyl sites for hydroxylation is 1. The summed E-state index contributed by atoms with van der Waals surface area (Å²) in [5.41, 5.74) is 2.79. The second-order valence-electron chi connectivity index (χ2n) is 6.77. The molecule has 3 atom stereocenters. The van der Waals surface area contributed by atoms with Crippen LogP contribution in [0.4, 0.5) is 0 Å². The van der Waals surface area contributed by atoms with Crippen molar-refractivity contribution in [3.8, 4) is 0 Å². The monoisotopic (exact) mass is 337 g/mol. The fraction of sp³-hybridized carbons (Fsp3) is 0.667. The van der Waals surface area contributed by atoms with E-state index in [0.717, 1.165) is 24.3 Å². The van der Waals surface area contributed by atoms with Crippen LogP contribution in [0.1, 0.15) is 57.2 Å². The Kier molecular flexibility index (Phi) is 5.68. The van der Waals surface area contributed by atoms with Crippen LogP contribution in [0, 0.1) is 24.7 Å². The van der Waals surface area contributed by atoms with E-state index < -0.39 is 0 Å². The Morgan fingerprint density at radius 1 is 1.15 bits per heavy atom. The van der Waals surface area contributed by atoms with Crippen molar-refractivity contribution in [2.45, 2.75) is 53.0 Å². The highest BCUT2D eigenvalue weighted by atomic mass is 79.9. The summed E-state index contributed by atoms with van der Waals surface area (Å²) in [6.45, 7) is 10.3. The first-order valence-electron chi connectivity index (χ1n) is 8.00. The van der Waals surface area contributed by atoms with Crippen LogP contribution in [0.5, 0.6) is 0 Å². The molecule has 1 aromatic rings. The van der Waals surface area contributed by atoms with Gasteiger partial charge >= 0.3 is 0 Å². The molecule has 20 heavy (non-hydrogen) atoms. The van der Waals surface area contributed by atoms with E-state index in [0.29, 0.717) is 6.04 Å². The number of halogens is 1. The molecule has 1 N–H and O–H groups in total. The SMILES string of the molecule is CCNC(c1cc(C)cc(Br)c1)C1CC(C)CC(C)C1. The van der Waals surface area contributed by atoms with Gasteiger partial charge in [0.15, 0.2) is 0 Å². The number of rotatable bonds is 4. The molecule has 0 heterocycles. The van der Waals surface area contributed by atoms with Crippen LogP contribution in [0.3, 0.4) is 0 Å². The summed E-state index contributed by atoms with van der Waals surface area (Å²) in [7, 11) is 0. The average molecular weight is 338 g/mol. The first kappa shape index (κ1) is 16.0. The zero-order valence-corrected chi connectivity index (χ0v) is 14.8. The maximum atomic E-state index is 3.74. The first-order valence-corrected chi connectivity index (χ1v) is 8.79. The number of hydrogen-bond acceptors (Lipinski definition) is 1. The fourth-order valence-electron chi connectivity index (χ4n) is 4.00. The van der Waals surface area contributed by atoms with E-state index >= 15 is 0 Å². The number of hydrogen-bond donors (Lipinski definition) is 1. The summed E-state index contributed by atoms with van der Waals surface area (Å²) >= 11 is 3.65. The summed E-state index contributed by atoms with van der Waals surface area (Å²) < 4.78 is 1.20. The third-order valence-electron chi connectivity index (χ3n) is 4.53. The van der Waals surface area contributed by atoms with Gasteiger partial charge in [0.25, 0.3) is 0 Å². The fourth-order valence-corrected chi connectivity index (χ4v) is 4.63. The van der Waals surface area contributed by atoms with Crippen molar-refractivity contribution in [2.75, 3.05) is 6.54 Å². The Hall–Kier alpha value is -0.340. The highest BCUT2D eigenvalue weighted by Crippen LogP contribution is 2.40. The minimum atomic E-state index is 0.501. The third kappa shape index (κ3) is 4.08. The van der Waals surface area contributed by atoms with Crippen molar-refractivity contribution < 1.29 is 0 Å². The lowest BCUT2D eigenvalue weighted by atomic mass is 9.72. The summed E-state index contributed by atoms with van der Waals surface area (Å²) in [6, 6.07) is 7.34. The molecule has 1 nitrogen and oxygen atoms in total. The number of nitrogens with one attached hydrogen (secondary N) is 1. The second kappa shape index (κ2) is 7.09. The Morgan fingerprint density at radius 3 is 2.35 bits per heavy atom. The van der Waals surface area contributed by atoms with Crippen LogP contribution in [-0.4, -0.2) is 6.54 Å². The topological polar surface area (TPSA) is 12.0 Å². The summed E-state index contributed by atoms with van der Waals surface area (Å²) in [5, 5.41) is 3.74. The quantitative estimate of drug-likeness (QED) is 0.766. The van der Waals surface area contributed by atoms with Crippen molar-refractivity contribution in [3.63, 3.8) is 0 Å². The predicted molar refractivity (Wildman–Crippen MR) is 91.0 cm³/mol. The van der Waals surface area contributed by atoms with Gasteiger partial charge in [0.2, 0.25) is 0 Å². The molecular weight excluding hydrogens is 310 g/mol. The van der Waals surface area contributed by atoms with E-state index in [2.05, 4.69) is 67.1 Å². The largest absolute Gasteiger partial charge is 0.310 e. The van der Waals surface area contributed by atoms with Crippen LogP contribution in [0.2, 0.25) is 0 Å². The van der Waals surface area contributed by atoms with E-state index in [4.69, 9.17) is 0 Å². The van der Waals surface area contributed by atoms with Crippen molar-refractivity contribution >= 4 is 15.9 Å². The summed E-state index contributed by atoms with van der Waals surface area (Å²) in [5.74, 6) is 2.48.